The molecule has 1 atom stereocenters. The number of amides is 1. The van der Waals surface area contributed by atoms with Crippen LogP contribution in [0.3, 0.4) is 0 Å². The van der Waals surface area contributed by atoms with Crippen LogP contribution < -0.4 is 5.56 Å². The Kier molecular flexibility index (Phi) is 4.93. The number of carbonyl (C=O) groups is 1. The SMILES string of the molecule is O=C(c1n[nH]c(=O)c2ccccc12)N(Cc1ccccn1)C[C@H]1CCCO1. The van der Waals surface area contributed by atoms with E-state index in [0.29, 0.717) is 23.9 Å². The van der Waals surface area contributed by atoms with Crippen molar-refractivity contribution in [2.75, 3.05) is 13.2 Å². The molecule has 7 nitrogen and oxygen atoms in total. The minimum Gasteiger partial charge on any atom is -0.376 e. The number of hydrogen-bond donors (Lipinski definition) is 1. The number of benzene rings is 1. The molecule has 0 radical (unpaired) electrons. The third kappa shape index (κ3) is 3.73. The van der Waals surface area contributed by atoms with Crippen molar-refractivity contribution in [2.24, 2.45) is 0 Å². The van der Waals surface area contributed by atoms with Crippen molar-refractivity contribution in [1.29, 1.82) is 0 Å². The van der Waals surface area contributed by atoms with Gasteiger partial charge in [0, 0.05) is 24.7 Å². The van der Waals surface area contributed by atoms with Crippen LogP contribution in [0.15, 0.2) is 53.5 Å². The Hall–Kier alpha value is -3.06. The topological polar surface area (TPSA) is 88.2 Å². The molecule has 1 aliphatic rings. The van der Waals surface area contributed by atoms with E-state index in [9.17, 15) is 9.59 Å². The highest BCUT2D eigenvalue weighted by atomic mass is 16.5. The zero-order valence-electron chi connectivity index (χ0n) is 14.8. The summed E-state index contributed by atoms with van der Waals surface area (Å²) in [5.41, 5.74) is 0.717. The lowest BCUT2D eigenvalue weighted by Crippen LogP contribution is -2.38. The summed E-state index contributed by atoms with van der Waals surface area (Å²) in [5, 5.41) is 7.49. The summed E-state index contributed by atoms with van der Waals surface area (Å²) in [4.78, 5) is 31.4. The highest BCUT2D eigenvalue weighted by Crippen LogP contribution is 2.19. The standard InChI is InChI=1S/C20H20N4O3/c25-19-17-9-2-1-8-16(17)18(22-23-19)20(26)24(13-15-7-5-11-27-15)12-14-6-3-4-10-21-14/h1-4,6,8-10,15H,5,7,11-13H2,(H,23,25)/t15-/m1/s1. The largest absolute Gasteiger partial charge is 0.376 e. The van der Waals surface area contributed by atoms with Crippen molar-refractivity contribution in [3.05, 3.63) is 70.4 Å². The molecule has 138 valence electrons. The average Bonchev–Trinajstić information content (AvgIpc) is 3.21. The molecule has 3 aromatic rings. The Morgan fingerprint density at radius 3 is 2.74 bits per heavy atom. The van der Waals surface area contributed by atoms with Gasteiger partial charge >= 0.3 is 0 Å². The van der Waals surface area contributed by atoms with Gasteiger partial charge in [0.1, 0.15) is 0 Å². The van der Waals surface area contributed by atoms with Crippen LogP contribution in [0.1, 0.15) is 29.0 Å². The van der Waals surface area contributed by atoms with Crippen LogP contribution in [-0.4, -0.2) is 45.2 Å². The molecule has 3 heterocycles. The third-order valence-electron chi connectivity index (χ3n) is 4.71. The molecular formula is C20H20N4O3. The van der Waals surface area contributed by atoms with E-state index in [1.807, 2.05) is 18.2 Å². The summed E-state index contributed by atoms with van der Waals surface area (Å²) in [6.45, 7) is 1.54. The normalized spacial score (nSPS) is 16.5. The van der Waals surface area contributed by atoms with Crippen molar-refractivity contribution in [3.63, 3.8) is 0 Å². The van der Waals surface area contributed by atoms with Gasteiger partial charge in [0.25, 0.3) is 11.5 Å². The van der Waals surface area contributed by atoms with E-state index in [-0.39, 0.29) is 23.3 Å². The molecular weight excluding hydrogens is 344 g/mol. The summed E-state index contributed by atoms with van der Waals surface area (Å²) in [5.74, 6) is -0.247. The van der Waals surface area contributed by atoms with Crippen LogP contribution in [0, 0.1) is 0 Å². The number of hydrogen-bond acceptors (Lipinski definition) is 5. The van der Waals surface area contributed by atoms with Gasteiger partial charge in [-0.3, -0.25) is 14.6 Å². The van der Waals surface area contributed by atoms with E-state index < -0.39 is 0 Å². The fourth-order valence-corrected chi connectivity index (χ4v) is 3.37. The summed E-state index contributed by atoms with van der Waals surface area (Å²) < 4.78 is 5.72. The molecule has 27 heavy (non-hydrogen) atoms. The monoisotopic (exact) mass is 364 g/mol. The average molecular weight is 364 g/mol. The van der Waals surface area contributed by atoms with Crippen molar-refractivity contribution >= 4 is 16.7 Å². The van der Waals surface area contributed by atoms with Crippen LogP contribution in [0.5, 0.6) is 0 Å². The van der Waals surface area contributed by atoms with E-state index in [1.165, 1.54) is 0 Å². The lowest BCUT2D eigenvalue weighted by atomic mass is 10.1. The van der Waals surface area contributed by atoms with Gasteiger partial charge in [-0.15, -0.1) is 0 Å². The van der Waals surface area contributed by atoms with Gasteiger partial charge in [0.2, 0.25) is 0 Å². The summed E-state index contributed by atoms with van der Waals surface area (Å²) in [6.07, 6.45) is 3.63. The molecule has 0 saturated carbocycles. The van der Waals surface area contributed by atoms with Crippen molar-refractivity contribution in [1.82, 2.24) is 20.1 Å². The van der Waals surface area contributed by atoms with E-state index in [2.05, 4.69) is 15.2 Å². The lowest BCUT2D eigenvalue weighted by molar-refractivity contribution is 0.0501. The first-order valence-electron chi connectivity index (χ1n) is 9.00. The smallest absolute Gasteiger partial charge is 0.275 e. The predicted octanol–water partition coefficient (Wildman–Crippen LogP) is 2.14. The summed E-state index contributed by atoms with van der Waals surface area (Å²) in [6, 6.07) is 12.6. The predicted molar refractivity (Wildman–Crippen MR) is 100 cm³/mol. The fraction of sp³-hybridized carbons (Fsp3) is 0.300. The molecule has 0 bridgehead atoms. The molecule has 1 fully saturated rings. The minimum absolute atomic E-state index is 0.00619. The lowest BCUT2D eigenvalue weighted by Gasteiger charge is -2.25. The van der Waals surface area contributed by atoms with Crippen LogP contribution in [-0.2, 0) is 11.3 Å². The second kappa shape index (κ2) is 7.67. The zero-order valence-corrected chi connectivity index (χ0v) is 14.8. The number of nitrogens with zero attached hydrogens (tertiary/aromatic N) is 3. The molecule has 1 amide bonds. The van der Waals surface area contributed by atoms with Gasteiger partial charge in [-0.25, -0.2) is 5.10 Å². The fourth-order valence-electron chi connectivity index (χ4n) is 3.37. The van der Waals surface area contributed by atoms with Crippen molar-refractivity contribution in [2.45, 2.75) is 25.5 Å². The van der Waals surface area contributed by atoms with Gasteiger partial charge in [-0.2, -0.15) is 5.10 Å². The van der Waals surface area contributed by atoms with Gasteiger partial charge in [0.05, 0.1) is 23.7 Å². The second-order valence-electron chi connectivity index (χ2n) is 6.59. The Labute approximate surface area is 156 Å². The van der Waals surface area contributed by atoms with Gasteiger partial charge in [0.15, 0.2) is 5.69 Å². The van der Waals surface area contributed by atoms with Gasteiger partial charge in [-0.05, 0) is 31.0 Å². The highest BCUT2D eigenvalue weighted by Gasteiger charge is 2.26. The maximum atomic E-state index is 13.3. The molecule has 1 aromatic carbocycles. The van der Waals surface area contributed by atoms with Crippen LogP contribution in [0.4, 0.5) is 0 Å². The van der Waals surface area contributed by atoms with Crippen LogP contribution in [0.2, 0.25) is 0 Å². The van der Waals surface area contributed by atoms with E-state index in [1.54, 1.807) is 35.4 Å². The Morgan fingerprint density at radius 2 is 2.00 bits per heavy atom. The molecule has 1 saturated heterocycles. The highest BCUT2D eigenvalue weighted by molar-refractivity contribution is 6.04. The van der Waals surface area contributed by atoms with Gasteiger partial charge < -0.3 is 9.64 Å². The molecule has 0 aliphatic carbocycles. The van der Waals surface area contributed by atoms with E-state index >= 15 is 0 Å². The number of ether oxygens (including phenoxy) is 1. The molecule has 1 aliphatic heterocycles. The second-order valence-corrected chi connectivity index (χ2v) is 6.59. The molecule has 0 spiro atoms. The number of rotatable bonds is 5. The quantitative estimate of drug-likeness (QED) is 0.749. The van der Waals surface area contributed by atoms with E-state index in [0.717, 1.165) is 25.1 Å². The van der Waals surface area contributed by atoms with E-state index in [4.69, 9.17) is 4.74 Å². The first-order valence-corrected chi connectivity index (χ1v) is 9.00. The first-order chi connectivity index (χ1) is 13.2. The molecule has 2 aromatic heterocycles. The number of H-pyrrole nitrogens is 1. The first kappa shape index (κ1) is 17.4. The third-order valence-corrected chi connectivity index (χ3v) is 4.71. The van der Waals surface area contributed by atoms with Crippen LogP contribution >= 0.6 is 0 Å². The summed E-state index contributed by atoms with van der Waals surface area (Å²) >= 11 is 0. The van der Waals surface area contributed by atoms with Crippen LogP contribution in [0.25, 0.3) is 10.8 Å². The van der Waals surface area contributed by atoms with Crippen molar-refractivity contribution < 1.29 is 9.53 Å². The maximum Gasteiger partial charge on any atom is 0.275 e. The number of aromatic amines is 1. The molecule has 7 heteroatoms. The van der Waals surface area contributed by atoms with Crippen molar-refractivity contribution in [3.8, 4) is 0 Å². The zero-order chi connectivity index (χ0) is 18.6. The Balaban J connectivity index is 1.69. The number of fused-ring (bicyclic) bond motifs is 1. The van der Waals surface area contributed by atoms with Gasteiger partial charge in [-0.1, -0.05) is 24.3 Å². The Bertz CT molecular complexity index is 997. The Morgan fingerprint density at radius 1 is 1.19 bits per heavy atom. The molecule has 0 unspecified atom stereocenters. The summed E-state index contributed by atoms with van der Waals surface area (Å²) in [7, 11) is 0. The number of carbonyl (C=O) groups excluding carboxylic acids is 1. The molecule has 4 rings (SSSR count). The minimum atomic E-state index is -0.308. The number of aromatic nitrogens is 3. The molecule has 1 N–H and O–H groups in total. The maximum absolute atomic E-state index is 13.3. The number of nitrogens with one attached hydrogen (secondary N) is 1. The number of pyridine rings is 1.